The fourth-order valence-corrected chi connectivity index (χ4v) is 7.41. The summed E-state index contributed by atoms with van der Waals surface area (Å²) in [6.45, 7) is 6.84. The first-order valence-corrected chi connectivity index (χ1v) is 18.2. The van der Waals surface area contributed by atoms with Crippen molar-refractivity contribution in [1.29, 1.82) is 0 Å². The van der Waals surface area contributed by atoms with E-state index in [-0.39, 0.29) is 5.41 Å². The zero-order chi connectivity index (χ0) is 35.9. The van der Waals surface area contributed by atoms with Crippen molar-refractivity contribution in [1.82, 2.24) is 0 Å². The van der Waals surface area contributed by atoms with Crippen molar-refractivity contribution in [2.75, 3.05) is 0 Å². The van der Waals surface area contributed by atoms with Gasteiger partial charge in [-0.1, -0.05) is 154 Å². The number of fused-ring (bicyclic) bond motifs is 6. The number of furan rings is 1. The maximum Gasteiger partial charge on any atom is 0.137 e. The molecule has 9 rings (SSSR count). The Kier molecular flexibility index (Phi) is 8.05. The van der Waals surface area contributed by atoms with E-state index in [1.54, 1.807) is 0 Å². The predicted octanol–water partition coefficient (Wildman–Crippen LogP) is 10.2. The van der Waals surface area contributed by atoms with Gasteiger partial charge in [0.1, 0.15) is 10.8 Å². The van der Waals surface area contributed by atoms with Crippen LogP contribution in [0.5, 0.6) is 0 Å². The van der Waals surface area contributed by atoms with Gasteiger partial charge in [0.15, 0.2) is 0 Å². The molecule has 3 aliphatic heterocycles. The quantitative estimate of drug-likeness (QED) is 0.182. The second-order valence-electron chi connectivity index (χ2n) is 14.6. The van der Waals surface area contributed by atoms with Crippen LogP contribution in [0, 0.1) is 0 Å². The standard InChI is InChI=1S/C50H38N2O/c1-50(2,3)39-31-37-30-38(32-39)47(34-18-10-5-11-19-34)41-25-27-43(52-41)49(36-22-14-7-15-23-36)45-29-28-44(53-45)48(35-20-12-6-13-21-35)42-26-24-40(51-42)46(37)33-16-8-4-9-17-33/h4-32H,1-3H3. The Balaban J connectivity index is 1.47. The van der Waals surface area contributed by atoms with Gasteiger partial charge in [-0.3, -0.25) is 0 Å². The Morgan fingerprint density at radius 2 is 0.736 bits per heavy atom. The zero-order valence-electron chi connectivity index (χ0n) is 30.0. The molecule has 3 nitrogen and oxygen atoms in total. The number of nitrogens with zero attached hydrogens (tertiary/aromatic N) is 2. The molecule has 0 radical (unpaired) electrons. The minimum atomic E-state index is -0.123. The summed E-state index contributed by atoms with van der Waals surface area (Å²) in [7, 11) is 0. The van der Waals surface area contributed by atoms with Crippen LogP contribution in [0.15, 0.2) is 202 Å². The van der Waals surface area contributed by atoms with Gasteiger partial charge in [0.2, 0.25) is 0 Å². The number of hydrogen-bond acceptors (Lipinski definition) is 3. The summed E-state index contributed by atoms with van der Waals surface area (Å²) in [6.07, 6.45) is 8.56. The van der Waals surface area contributed by atoms with Crippen molar-refractivity contribution in [2.45, 2.75) is 26.2 Å². The summed E-state index contributed by atoms with van der Waals surface area (Å²) in [5.74, 6) is 0. The molecule has 0 aliphatic carbocycles. The molecule has 6 aromatic rings. The lowest BCUT2D eigenvalue weighted by molar-refractivity contribution is 0.500. The molecule has 0 atom stereocenters. The largest absolute Gasteiger partial charge is 0.456 e. The van der Waals surface area contributed by atoms with Gasteiger partial charge in [0.05, 0.1) is 34.0 Å². The van der Waals surface area contributed by atoms with Gasteiger partial charge in [-0.2, -0.15) is 0 Å². The Morgan fingerprint density at radius 1 is 0.377 bits per heavy atom. The maximum absolute atomic E-state index is 6.90. The van der Waals surface area contributed by atoms with Gasteiger partial charge >= 0.3 is 0 Å². The SMILES string of the molecule is CC(C)(C)c1cc2cc(c1)C(c1ccccc1)=C1C=CC(=N1)C(c1ccccc1)=c1ccc(o1)=C(c1ccccc1)C1=NC(=C2c2ccccc2)C=C1. The average Bonchev–Trinajstić information content (AvgIpc) is 3.97. The normalized spacial score (nSPS) is 15.3. The molecule has 0 fully saturated rings. The summed E-state index contributed by atoms with van der Waals surface area (Å²) < 4.78 is 6.90. The highest BCUT2D eigenvalue weighted by Gasteiger charge is 2.25. The van der Waals surface area contributed by atoms with Crippen molar-refractivity contribution in [2.24, 2.45) is 9.98 Å². The number of rotatable bonds is 4. The highest BCUT2D eigenvalue weighted by molar-refractivity contribution is 6.31. The molecule has 0 amide bonds. The van der Waals surface area contributed by atoms with Crippen LogP contribution in [0.3, 0.4) is 0 Å². The Labute approximate surface area is 310 Å². The number of hydrogen-bond donors (Lipinski definition) is 0. The lowest BCUT2D eigenvalue weighted by atomic mass is 9.81. The van der Waals surface area contributed by atoms with Crippen LogP contribution >= 0.6 is 0 Å². The number of allylic oxidation sites excluding steroid dienone is 4. The van der Waals surface area contributed by atoms with Crippen molar-refractivity contribution in [3.05, 3.63) is 237 Å². The fraction of sp³-hybridized carbons (Fsp3) is 0.0800. The minimum absolute atomic E-state index is 0.123. The minimum Gasteiger partial charge on any atom is -0.456 e. The Bertz CT molecular complexity index is 2520. The molecule has 0 N–H and O–H groups in total. The lowest BCUT2D eigenvalue weighted by Gasteiger charge is -2.24. The van der Waals surface area contributed by atoms with E-state index >= 15 is 0 Å². The number of aliphatic imine (C=N–C) groups is 2. The van der Waals surface area contributed by atoms with E-state index in [1.807, 2.05) is 12.1 Å². The third-order valence-electron chi connectivity index (χ3n) is 10.0. The molecule has 0 saturated carbocycles. The van der Waals surface area contributed by atoms with E-state index in [0.29, 0.717) is 0 Å². The number of benzene rings is 5. The molecule has 3 aliphatic rings. The van der Waals surface area contributed by atoms with Crippen LogP contribution in [0.1, 0.15) is 59.7 Å². The Hall–Kier alpha value is -6.58. The molecular formula is C50H38N2O. The van der Waals surface area contributed by atoms with Gasteiger partial charge in [-0.25, -0.2) is 9.98 Å². The maximum atomic E-state index is 6.90. The lowest BCUT2D eigenvalue weighted by Crippen LogP contribution is -2.15. The van der Waals surface area contributed by atoms with Gasteiger partial charge in [0, 0.05) is 11.1 Å². The van der Waals surface area contributed by atoms with E-state index in [0.717, 1.165) is 89.3 Å². The van der Waals surface area contributed by atoms with Gasteiger partial charge in [0.25, 0.3) is 0 Å². The van der Waals surface area contributed by atoms with Crippen LogP contribution in [0.4, 0.5) is 0 Å². The van der Waals surface area contributed by atoms with E-state index in [2.05, 4.69) is 185 Å². The predicted molar refractivity (Wildman–Crippen MR) is 219 cm³/mol. The smallest absolute Gasteiger partial charge is 0.137 e. The first kappa shape index (κ1) is 32.3. The second kappa shape index (κ2) is 13.2. The second-order valence-corrected chi connectivity index (χ2v) is 14.6. The highest BCUT2D eigenvalue weighted by atomic mass is 16.3. The average molecular weight is 683 g/mol. The van der Waals surface area contributed by atoms with E-state index < -0.39 is 0 Å². The summed E-state index contributed by atoms with van der Waals surface area (Å²) in [4.78, 5) is 10.9. The molecular weight excluding hydrogens is 645 g/mol. The highest BCUT2D eigenvalue weighted by Crippen LogP contribution is 2.39. The first-order chi connectivity index (χ1) is 25.9. The molecule has 8 bridgehead atoms. The van der Waals surface area contributed by atoms with E-state index in [4.69, 9.17) is 14.4 Å². The van der Waals surface area contributed by atoms with Gasteiger partial charge < -0.3 is 4.42 Å². The monoisotopic (exact) mass is 682 g/mol. The fourth-order valence-electron chi connectivity index (χ4n) is 7.41. The molecule has 254 valence electrons. The first-order valence-electron chi connectivity index (χ1n) is 18.2. The van der Waals surface area contributed by atoms with Gasteiger partial charge in [-0.05, 0) is 86.9 Å². The summed E-state index contributed by atoms with van der Waals surface area (Å²) >= 11 is 0. The summed E-state index contributed by atoms with van der Waals surface area (Å²) in [6, 6.07) is 53.2. The molecule has 1 aromatic heterocycles. The van der Waals surface area contributed by atoms with Crippen molar-refractivity contribution in [3.63, 3.8) is 0 Å². The van der Waals surface area contributed by atoms with Crippen molar-refractivity contribution < 1.29 is 4.42 Å². The molecule has 53 heavy (non-hydrogen) atoms. The molecule has 0 spiro atoms. The summed E-state index contributed by atoms with van der Waals surface area (Å²) in [5, 5.41) is 0. The van der Waals surface area contributed by atoms with Gasteiger partial charge in [-0.15, -0.1) is 0 Å². The van der Waals surface area contributed by atoms with Crippen LogP contribution in [-0.4, -0.2) is 11.4 Å². The molecule has 0 saturated heterocycles. The zero-order valence-corrected chi connectivity index (χ0v) is 30.0. The van der Waals surface area contributed by atoms with Crippen LogP contribution in [-0.2, 0) is 5.41 Å². The third kappa shape index (κ3) is 6.11. The Morgan fingerprint density at radius 3 is 1.09 bits per heavy atom. The molecule has 5 aromatic carbocycles. The molecule has 3 heteroatoms. The topological polar surface area (TPSA) is 37.9 Å². The van der Waals surface area contributed by atoms with Crippen molar-refractivity contribution >= 4 is 33.7 Å². The van der Waals surface area contributed by atoms with Crippen molar-refractivity contribution in [3.8, 4) is 0 Å². The van der Waals surface area contributed by atoms with Crippen LogP contribution in [0.2, 0.25) is 0 Å². The van der Waals surface area contributed by atoms with E-state index in [9.17, 15) is 0 Å². The third-order valence-corrected chi connectivity index (χ3v) is 10.0. The summed E-state index contributed by atoms with van der Waals surface area (Å²) in [5.41, 5.74) is 16.7. The van der Waals surface area contributed by atoms with Crippen LogP contribution < -0.4 is 10.8 Å². The molecule has 4 heterocycles. The van der Waals surface area contributed by atoms with E-state index in [1.165, 1.54) is 5.56 Å². The molecule has 0 unspecified atom stereocenters. The van der Waals surface area contributed by atoms with Crippen LogP contribution in [0.25, 0.3) is 22.3 Å².